The third kappa shape index (κ3) is 4.09. The maximum Gasteiger partial charge on any atom is 0.0445 e. The van der Waals surface area contributed by atoms with E-state index in [4.69, 9.17) is 5.11 Å². The standard InChI is InChI=1S/C12H26N2O/c1-4-14-7-5-12(9-11(14)3)13-10(2)6-8-15/h10-13,15H,4-9H2,1-3H3. The van der Waals surface area contributed by atoms with Crippen molar-refractivity contribution in [3.05, 3.63) is 0 Å². The SMILES string of the molecule is CCN1CCC(NC(C)CCO)CC1C. The van der Waals surface area contributed by atoms with Gasteiger partial charge in [0, 0.05) is 24.7 Å². The van der Waals surface area contributed by atoms with E-state index in [0.29, 0.717) is 18.1 Å². The molecule has 1 aliphatic heterocycles. The summed E-state index contributed by atoms with van der Waals surface area (Å²) in [6, 6.07) is 1.78. The fraction of sp³-hybridized carbons (Fsp3) is 1.00. The Kier molecular flexibility index (Phi) is 5.58. The van der Waals surface area contributed by atoms with Gasteiger partial charge in [-0.15, -0.1) is 0 Å². The van der Waals surface area contributed by atoms with Gasteiger partial charge in [0.2, 0.25) is 0 Å². The highest BCUT2D eigenvalue weighted by molar-refractivity contribution is 4.83. The van der Waals surface area contributed by atoms with Crippen LogP contribution in [0.1, 0.15) is 40.0 Å². The van der Waals surface area contributed by atoms with Crippen molar-refractivity contribution in [3.63, 3.8) is 0 Å². The molecule has 1 aliphatic rings. The molecule has 15 heavy (non-hydrogen) atoms. The topological polar surface area (TPSA) is 35.5 Å². The smallest absolute Gasteiger partial charge is 0.0445 e. The Morgan fingerprint density at radius 2 is 2.27 bits per heavy atom. The van der Waals surface area contributed by atoms with Crippen LogP contribution in [0.5, 0.6) is 0 Å². The van der Waals surface area contributed by atoms with E-state index in [1.165, 1.54) is 25.9 Å². The van der Waals surface area contributed by atoms with E-state index in [1.807, 2.05) is 0 Å². The minimum absolute atomic E-state index is 0.289. The zero-order valence-corrected chi connectivity index (χ0v) is 10.4. The minimum Gasteiger partial charge on any atom is -0.396 e. The summed E-state index contributed by atoms with van der Waals surface area (Å²) in [6.07, 6.45) is 3.35. The number of aliphatic hydroxyl groups is 1. The highest BCUT2D eigenvalue weighted by atomic mass is 16.3. The van der Waals surface area contributed by atoms with Gasteiger partial charge in [0.25, 0.3) is 0 Å². The van der Waals surface area contributed by atoms with Crippen LogP contribution in [-0.4, -0.2) is 47.8 Å². The molecule has 1 heterocycles. The van der Waals surface area contributed by atoms with Crippen LogP contribution < -0.4 is 5.32 Å². The van der Waals surface area contributed by atoms with E-state index >= 15 is 0 Å². The van der Waals surface area contributed by atoms with Crippen molar-refractivity contribution in [2.75, 3.05) is 19.7 Å². The molecule has 3 unspecified atom stereocenters. The van der Waals surface area contributed by atoms with Gasteiger partial charge >= 0.3 is 0 Å². The van der Waals surface area contributed by atoms with Crippen LogP contribution in [0.3, 0.4) is 0 Å². The van der Waals surface area contributed by atoms with Crippen LogP contribution in [-0.2, 0) is 0 Å². The minimum atomic E-state index is 0.289. The number of rotatable bonds is 5. The van der Waals surface area contributed by atoms with Gasteiger partial charge in [-0.05, 0) is 46.2 Å². The molecule has 1 fully saturated rings. The Morgan fingerprint density at radius 3 is 2.80 bits per heavy atom. The Labute approximate surface area is 93.9 Å². The summed E-state index contributed by atoms with van der Waals surface area (Å²) in [6.45, 7) is 9.37. The molecular weight excluding hydrogens is 188 g/mol. The Balaban J connectivity index is 2.28. The molecule has 90 valence electrons. The average molecular weight is 214 g/mol. The molecule has 0 aromatic carbocycles. The zero-order valence-electron chi connectivity index (χ0n) is 10.4. The molecule has 0 aliphatic carbocycles. The molecule has 0 aromatic rings. The van der Waals surface area contributed by atoms with Crippen molar-refractivity contribution < 1.29 is 5.11 Å². The third-order valence-corrected chi connectivity index (χ3v) is 3.50. The fourth-order valence-electron chi connectivity index (χ4n) is 2.52. The van der Waals surface area contributed by atoms with Gasteiger partial charge < -0.3 is 15.3 Å². The highest BCUT2D eigenvalue weighted by Gasteiger charge is 2.24. The highest BCUT2D eigenvalue weighted by Crippen LogP contribution is 2.17. The van der Waals surface area contributed by atoms with Crippen LogP contribution in [0.4, 0.5) is 0 Å². The van der Waals surface area contributed by atoms with Gasteiger partial charge in [0.15, 0.2) is 0 Å². The number of hydrogen-bond acceptors (Lipinski definition) is 3. The first kappa shape index (κ1) is 12.9. The van der Waals surface area contributed by atoms with Gasteiger partial charge in [-0.1, -0.05) is 6.92 Å². The maximum absolute atomic E-state index is 8.85. The second kappa shape index (κ2) is 6.46. The lowest BCUT2D eigenvalue weighted by atomic mass is 9.97. The molecule has 1 saturated heterocycles. The second-order valence-electron chi connectivity index (χ2n) is 4.78. The van der Waals surface area contributed by atoms with Gasteiger partial charge in [-0.3, -0.25) is 0 Å². The first-order chi connectivity index (χ1) is 7.17. The lowest BCUT2D eigenvalue weighted by molar-refractivity contribution is 0.136. The lowest BCUT2D eigenvalue weighted by Gasteiger charge is -2.38. The summed E-state index contributed by atoms with van der Waals surface area (Å²) in [5.74, 6) is 0. The summed E-state index contributed by atoms with van der Waals surface area (Å²) < 4.78 is 0. The van der Waals surface area contributed by atoms with Crippen molar-refractivity contribution in [2.45, 2.75) is 58.2 Å². The first-order valence-corrected chi connectivity index (χ1v) is 6.28. The molecule has 0 aromatic heterocycles. The van der Waals surface area contributed by atoms with Gasteiger partial charge in [0.1, 0.15) is 0 Å². The molecule has 0 radical (unpaired) electrons. The molecular formula is C12H26N2O. The Morgan fingerprint density at radius 1 is 1.53 bits per heavy atom. The van der Waals surface area contributed by atoms with Gasteiger partial charge in [-0.2, -0.15) is 0 Å². The monoisotopic (exact) mass is 214 g/mol. The fourth-order valence-corrected chi connectivity index (χ4v) is 2.52. The second-order valence-corrected chi connectivity index (χ2v) is 4.78. The van der Waals surface area contributed by atoms with E-state index in [1.54, 1.807) is 0 Å². The number of nitrogens with one attached hydrogen (secondary N) is 1. The Bertz CT molecular complexity index is 173. The Hall–Kier alpha value is -0.120. The summed E-state index contributed by atoms with van der Waals surface area (Å²) in [4.78, 5) is 2.54. The zero-order chi connectivity index (χ0) is 11.3. The van der Waals surface area contributed by atoms with Crippen LogP contribution >= 0.6 is 0 Å². The number of piperidine rings is 1. The van der Waals surface area contributed by atoms with Crippen molar-refractivity contribution in [1.29, 1.82) is 0 Å². The normalized spacial score (nSPS) is 30.4. The maximum atomic E-state index is 8.85. The summed E-state index contributed by atoms with van der Waals surface area (Å²) in [7, 11) is 0. The van der Waals surface area contributed by atoms with E-state index in [9.17, 15) is 0 Å². The number of aliphatic hydroxyl groups excluding tert-OH is 1. The lowest BCUT2D eigenvalue weighted by Crippen LogP contribution is -2.49. The number of nitrogens with zero attached hydrogens (tertiary/aromatic N) is 1. The van der Waals surface area contributed by atoms with Crippen molar-refractivity contribution in [1.82, 2.24) is 10.2 Å². The molecule has 0 saturated carbocycles. The van der Waals surface area contributed by atoms with Crippen molar-refractivity contribution in [3.8, 4) is 0 Å². The van der Waals surface area contributed by atoms with Crippen LogP contribution in [0, 0.1) is 0 Å². The predicted molar refractivity (Wildman–Crippen MR) is 64.0 cm³/mol. The van der Waals surface area contributed by atoms with Crippen LogP contribution in [0.2, 0.25) is 0 Å². The van der Waals surface area contributed by atoms with Gasteiger partial charge in [-0.25, -0.2) is 0 Å². The first-order valence-electron chi connectivity index (χ1n) is 6.28. The molecule has 0 spiro atoms. The summed E-state index contributed by atoms with van der Waals surface area (Å²) in [5.41, 5.74) is 0. The van der Waals surface area contributed by atoms with E-state index in [2.05, 4.69) is 31.0 Å². The van der Waals surface area contributed by atoms with Gasteiger partial charge in [0.05, 0.1) is 0 Å². The molecule has 1 rings (SSSR count). The van der Waals surface area contributed by atoms with Crippen molar-refractivity contribution >= 4 is 0 Å². The molecule has 3 heteroatoms. The molecule has 0 amide bonds. The van der Waals surface area contributed by atoms with E-state index in [0.717, 1.165) is 6.42 Å². The predicted octanol–water partition coefficient (Wildman–Crippen LogP) is 1.22. The molecule has 2 N–H and O–H groups in total. The molecule has 3 nitrogen and oxygen atoms in total. The van der Waals surface area contributed by atoms with E-state index in [-0.39, 0.29) is 6.61 Å². The molecule has 0 bridgehead atoms. The number of hydrogen-bond donors (Lipinski definition) is 2. The third-order valence-electron chi connectivity index (χ3n) is 3.50. The quantitative estimate of drug-likeness (QED) is 0.722. The molecule has 3 atom stereocenters. The van der Waals surface area contributed by atoms with Crippen molar-refractivity contribution in [2.24, 2.45) is 0 Å². The van der Waals surface area contributed by atoms with E-state index < -0.39 is 0 Å². The van der Waals surface area contributed by atoms with Crippen LogP contribution in [0.25, 0.3) is 0 Å². The number of likely N-dealkylation sites (tertiary alicyclic amines) is 1. The summed E-state index contributed by atoms with van der Waals surface area (Å²) >= 11 is 0. The average Bonchev–Trinajstić information content (AvgIpc) is 2.18. The van der Waals surface area contributed by atoms with Crippen LogP contribution in [0.15, 0.2) is 0 Å². The largest absolute Gasteiger partial charge is 0.396 e. The summed E-state index contributed by atoms with van der Waals surface area (Å²) in [5, 5.41) is 12.5.